The van der Waals surface area contributed by atoms with Gasteiger partial charge in [-0.15, -0.1) is 0 Å². The number of esters is 1. The minimum absolute atomic E-state index is 0.0363. The standard InChI is InChI=1S/C10H12F3N3O2/c1-2-18-9(17)5-7(10(11,12)13)16-8-6-14-3-4-15-8/h3-4,6-7H,2,5H2,1H3,(H,15,16). The van der Waals surface area contributed by atoms with Gasteiger partial charge in [0.2, 0.25) is 0 Å². The van der Waals surface area contributed by atoms with Gasteiger partial charge in [-0.1, -0.05) is 0 Å². The lowest BCUT2D eigenvalue weighted by molar-refractivity contribution is -0.161. The summed E-state index contributed by atoms with van der Waals surface area (Å²) < 4.78 is 42.6. The maximum atomic E-state index is 12.7. The monoisotopic (exact) mass is 263 g/mol. The topological polar surface area (TPSA) is 64.1 Å². The fraction of sp³-hybridized carbons (Fsp3) is 0.500. The van der Waals surface area contributed by atoms with Crippen LogP contribution < -0.4 is 5.32 Å². The predicted octanol–water partition coefficient (Wildman–Crippen LogP) is 1.77. The quantitative estimate of drug-likeness (QED) is 0.820. The summed E-state index contributed by atoms with van der Waals surface area (Å²) in [6.07, 6.45) is -1.67. The number of nitrogens with one attached hydrogen (secondary N) is 1. The number of aromatic nitrogens is 2. The van der Waals surface area contributed by atoms with Crippen molar-refractivity contribution >= 4 is 11.8 Å². The molecule has 0 saturated heterocycles. The number of hydrogen-bond acceptors (Lipinski definition) is 5. The van der Waals surface area contributed by atoms with Gasteiger partial charge in [0, 0.05) is 12.4 Å². The number of halogens is 3. The Hall–Kier alpha value is -1.86. The van der Waals surface area contributed by atoms with E-state index in [2.05, 4.69) is 20.0 Å². The maximum Gasteiger partial charge on any atom is 0.409 e. The number of alkyl halides is 3. The lowest BCUT2D eigenvalue weighted by atomic mass is 10.2. The fourth-order valence-electron chi connectivity index (χ4n) is 1.19. The summed E-state index contributed by atoms with van der Waals surface area (Å²) in [6, 6.07) is -2.05. The summed E-state index contributed by atoms with van der Waals surface area (Å²) in [5.74, 6) is -0.972. The molecule has 0 saturated carbocycles. The summed E-state index contributed by atoms with van der Waals surface area (Å²) in [4.78, 5) is 18.4. The second kappa shape index (κ2) is 6.18. The molecule has 0 radical (unpaired) electrons. The Morgan fingerprint density at radius 3 is 2.72 bits per heavy atom. The smallest absolute Gasteiger partial charge is 0.409 e. The van der Waals surface area contributed by atoms with E-state index in [0.29, 0.717) is 0 Å². The maximum absolute atomic E-state index is 12.7. The highest BCUT2D eigenvalue weighted by Gasteiger charge is 2.41. The van der Waals surface area contributed by atoms with Crippen LogP contribution in [0, 0.1) is 0 Å². The number of anilines is 1. The largest absolute Gasteiger partial charge is 0.466 e. The summed E-state index contributed by atoms with van der Waals surface area (Å²) in [7, 11) is 0. The third-order valence-corrected chi connectivity index (χ3v) is 1.96. The normalized spacial score (nSPS) is 12.9. The van der Waals surface area contributed by atoms with Crippen LogP contribution in [0.4, 0.5) is 19.0 Å². The van der Waals surface area contributed by atoms with Gasteiger partial charge in [-0.2, -0.15) is 13.2 Å². The molecule has 1 aromatic heterocycles. The van der Waals surface area contributed by atoms with Crippen LogP contribution in [0.2, 0.25) is 0 Å². The molecule has 0 fully saturated rings. The van der Waals surface area contributed by atoms with Crippen LogP contribution in [0.15, 0.2) is 18.6 Å². The van der Waals surface area contributed by atoms with Gasteiger partial charge in [0.1, 0.15) is 11.9 Å². The van der Waals surface area contributed by atoms with E-state index < -0.39 is 24.6 Å². The number of hydrogen-bond donors (Lipinski definition) is 1. The molecule has 0 bridgehead atoms. The number of nitrogens with zero attached hydrogens (tertiary/aromatic N) is 2. The Kier molecular flexibility index (Phi) is 4.87. The Balaban J connectivity index is 2.71. The fourth-order valence-corrected chi connectivity index (χ4v) is 1.19. The van der Waals surface area contributed by atoms with Crippen molar-refractivity contribution in [3.63, 3.8) is 0 Å². The van der Waals surface area contributed by atoms with E-state index in [1.807, 2.05) is 0 Å². The molecule has 18 heavy (non-hydrogen) atoms. The molecule has 0 spiro atoms. The first kappa shape index (κ1) is 14.2. The van der Waals surface area contributed by atoms with E-state index in [4.69, 9.17) is 0 Å². The summed E-state index contributed by atoms with van der Waals surface area (Å²) >= 11 is 0. The first-order valence-corrected chi connectivity index (χ1v) is 5.18. The van der Waals surface area contributed by atoms with E-state index in [1.54, 1.807) is 0 Å². The molecule has 1 unspecified atom stereocenters. The highest BCUT2D eigenvalue weighted by atomic mass is 19.4. The zero-order valence-electron chi connectivity index (χ0n) is 9.57. The highest BCUT2D eigenvalue weighted by molar-refractivity contribution is 5.70. The van der Waals surface area contributed by atoms with Crippen LogP contribution >= 0.6 is 0 Å². The average molecular weight is 263 g/mol. The van der Waals surface area contributed by atoms with Gasteiger partial charge >= 0.3 is 12.1 Å². The van der Waals surface area contributed by atoms with Crippen molar-refractivity contribution in [2.45, 2.75) is 25.6 Å². The second-order valence-corrected chi connectivity index (χ2v) is 3.34. The molecule has 1 heterocycles. The van der Waals surface area contributed by atoms with Crippen LogP contribution in [0.1, 0.15) is 13.3 Å². The van der Waals surface area contributed by atoms with E-state index in [9.17, 15) is 18.0 Å². The molecule has 8 heteroatoms. The summed E-state index contributed by atoms with van der Waals surface area (Å²) in [5, 5.41) is 2.11. The molecule has 100 valence electrons. The van der Waals surface area contributed by atoms with Gasteiger partial charge in [-0.25, -0.2) is 4.98 Å². The average Bonchev–Trinajstić information content (AvgIpc) is 2.28. The van der Waals surface area contributed by atoms with Crippen molar-refractivity contribution in [2.24, 2.45) is 0 Å². The van der Waals surface area contributed by atoms with Crippen molar-refractivity contribution < 1.29 is 22.7 Å². The Morgan fingerprint density at radius 2 is 2.22 bits per heavy atom. The minimum Gasteiger partial charge on any atom is -0.466 e. The number of rotatable bonds is 5. The van der Waals surface area contributed by atoms with Crippen molar-refractivity contribution in [3.05, 3.63) is 18.6 Å². The lowest BCUT2D eigenvalue weighted by Crippen LogP contribution is -2.38. The van der Waals surface area contributed by atoms with Crippen molar-refractivity contribution in [1.82, 2.24) is 9.97 Å². The van der Waals surface area contributed by atoms with E-state index in [-0.39, 0.29) is 12.4 Å². The molecule has 1 aromatic rings. The van der Waals surface area contributed by atoms with Gasteiger partial charge in [0.15, 0.2) is 0 Å². The zero-order valence-corrected chi connectivity index (χ0v) is 9.57. The van der Waals surface area contributed by atoms with Gasteiger partial charge in [0.05, 0.1) is 19.2 Å². The Bertz CT molecular complexity index is 384. The van der Waals surface area contributed by atoms with Crippen LogP contribution in [-0.4, -0.2) is 34.8 Å². The molecule has 5 nitrogen and oxygen atoms in total. The number of ether oxygens (including phenoxy) is 1. The van der Waals surface area contributed by atoms with Crippen molar-refractivity contribution in [2.75, 3.05) is 11.9 Å². The third-order valence-electron chi connectivity index (χ3n) is 1.96. The highest BCUT2D eigenvalue weighted by Crippen LogP contribution is 2.25. The minimum atomic E-state index is -4.58. The zero-order chi connectivity index (χ0) is 13.6. The molecule has 1 N–H and O–H groups in total. The Labute approximate surface area is 101 Å². The first-order chi connectivity index (χ1) is 8.43. The van der Waals surface area contributed by atoms with Gasteiger partial charge in [-0.05, 0) is 6.92 Å². The van der Waals surface area contributed by atoms with Crippen LogP contribution in [0.3, 0.4) is 0 Å². The predicted molar refractivity (Wildman–Crippen MR) is 56.7 cm³/mol. The number of carbonyl (C=O) groups excluding carboxylic acids is 1. The van der Waals surface area contributed by atoms with Crippen LogP contribution in [0.25, 0.3) is 0 Å². The van der Waals surface area contributed by atoms with Crippen LogP contribution in [0.5, 0.6) is 0 Å². The van der Waals surface area contributed by atoms with Crippen molar-refractivity contribution in [3.8, 4) is 0 Å². The van der Waals surface area contributed by atoms with Gasteiger partial charge < -0.3 is 10.1 Å². The molecule has 0 aliphatic rings. The van der Waals surface area contributed by atoms with Crippen molar-refractivity contribution in [1.29, 1.82) is 0 Å². The molecule has 1 atom stereocenters. The lowest BCUT2D eigenvalue weighted by Gasteiger charge is -2.20. The molecule has 0 amide bonds. The van der Waals surface area contributed by atoms with Gasteiger partial charge in [-0.3, -0.25) is 9.78 Å². The van der Waals surface area contributed by atoms with Gasteiger partial charge in [0.25, 0.3) is 0 Å². The van der Waals surface area contributed by atoms with E-state index in [0.717, 1.165) is 6.20 Å². The molecule has 0 aliphatic heterocycles. The SMILES string of the molecule is CCOC(=O)CC(Nc1cnccn1)C(F)(F)F. The first-order valence-electron chi connectivity index (χ1n) is 5.18. The number of carbonyl (C=O) groups is 1. The third kappa shape index (κ3) is 4.56. The molecule has 0 aromatic carbocycles. The molecular formula is C10H12F3N3O2. The second-order valence-electron chi connectivity index (χ2n) is 3.34. The molecule has 1 rings (SSSR count). The van der Waals surface area contributed by atoms with E-state index in [1.165, 1.54) is 19.3 Å². The van der Waals surface area contributed by atoms with Crippen LogP contribution in [-0.2, 0) is 9.53 Å². The van der Waals surface area contributed by atoms with E-state index >= 15 is 0 Å². The molecule has 0 aliphatic carbocycles. The summed E-state index contributed by atoms with van der Waals surface area (Å²) in [5.41, 5.74) is 0. The Morgan fingerprint density at radius 1 is 1.50 bits per heavy atom. The summed E-state index contributed by atoms with van der Waals surface area (Å²) in [6.45, 7) is 1.56. The molecular weight excluding hydrogens is 251 g/mol.